The van der Waals surface area contributed by atoms with Crippen LogP contribution in [-0.2, 0) is 0 Å². The van der Waals surface area contributed by atoms with Crippen molar-refractivity contribution in [1.29, 1.82) is 0 Å². The highest BCUT2D eigenvalue weighted by Crippen LogP contribution is 2.30. The predicted molar refractivity (Wildman–Crippen MR) is 44.9 cm³/mol. The molecule has 0 aromatic carbocycles. The van der Waals surface area contributed by atoms with E-state index in [9.17, 15) is 0 Å². The Morgan fingerprint density at radius 3 is 2.44 bits per heavy atom. The summed E-state index contributed by atoms with van der Waals surface area (Å²) in [5.74, 6) is 1.94. The molecule has 0 heterocycles. The quantitative estimate of drug-likeness (QED) is 0.558. The van der Waals surface area contributed by atoms with Gasteiger partial charge in [0.1, 0.15) is 0 Å². The Kier molecular flexibility index (Phi) is 3.03. The van der Waals surface area contributed by atoms with Crippen molar-refractivity contribution < 1.29 is 0 Å². The van der Waals surface area contributed by atoms with E-state index < -0.39 is 0 Å². The molecule has 1 fully saturated rings. The SMILES string of the molecule is C[C@H]1CCCC[C@@H]1CBr. The van der Waals surface area contributed by atoms with Gasteiger partial charge in [-0.3, -0.25) is 0 Å². The minimum Gasteiger partial charge on any atom is -0.0925 e. The molecule has 1 rings (SSSR count). The van der Waals surface area contributed by atoms with E-state index in [4.69, 9.17) is 0 Å². The second kappa shape index (κ2) is 3.60. The second-order valence-corrected chi connectivity index (χ2v) is 3.82. The largest absolute Gasteiger partial charge is 0.0925 e. The maximum Gasteiger partial charge on any atom is 0.00622 e. The van der Waals surface area contributed by atoms with Crippen molar-refractivity contribution in [3.8, 4) is 0 Å². The van der Waals surface area contributed by atoms with Crippen LogP contribution in [0.25, 0.3) is 0 Å². The smallest absolute Gasteiger partial charge is 0.00622 e. The Bertz CT molecular complexity index is 80.6. The molecule has 0 saturated heterocycles. The van der Waals surface area contributed by atoms with Gasteiger partial charge >= 0.3 is 0 Å². The summed E-state index contributed by atoms with van der Waals surface area (Å²) in [6.07, 6.45) is 5.83. The van der Waals surface area contributed by atoms with Crippen molar-refractivity contribution in [3.05, 3.63) is 0 Å². The van der Waals surface area contributed by atoms with E-state index in [0.717, 1.165) is 11.8 Å². The van der Waals surface area contributed by atoms with Crippen molar-refractivity contribution in [2.45, 2.75) is 32.6 Å². The zero-order valence-corrected chi connectivity index (χ0v) is 7.65. The molecule has 1 aliphatic rings. The van der Waals surface area contributed by atoms with Crippen LogP contribution in [0, 0.1) is 11.8 Å². The van der Waals surface area contributed by atoms with E-state index in [-0.39, 0.29) is 0 Å². The third kappa shape index (κ3) is 1.96. The Morgan fingerprint density at radius 1 is 1.33 bits per heavy atom. The van der Waals surface area contributed by atoms with Gasteiger partial charge in [0.05, 0.1) is 0 Å². The molecular formula is C8H15Br. The third-order valence-corrected chi connectivity index (χ3v) is 3.32. The van der Waals surface area contributed by atoms with Crippen LogP contribution in [0.15, 0.2) is 0 Å². The Morgan fingerprint density at radius 2 is 2.00 bits per heavy atom. The van der Waals surface area contributed by atoms with Crippen molar-refractivity contribution >= 4 is 15.9 Å². The summed E-state index contributed by atoms with van der Waals surface area (Å²) in [5, 5.41) is 1.22. The van der Waals surface area contributed by atoms with E-state index in [1.54, 1.807) is 0 Å². The molecule has 0 N–H and O–H groups in total. The van der Waals surface area contributed by atoms with E-state index >= 15 is 0 Å². The number of halogens is 1. The minimum atomic E-state index is 0.970. The summed E-state index contributed by atoms with van der Waals surface area (Å²) >= 11 is 3.55. The van der Waals surface area contributed by atoms with Gasteiger partial charge in [-0.05, 0) is 18.3 Å². The molecule has 9 heavy (non-hydrogen) atoms. The van der Waals surface area contributed by atoms with Gasteiger partial charge < -0.3 is 0 Å². The average Bonchev–Trinajstić information content (AvgIpc) is 1.89. The summed E-state index contributed by atoms with van der Waals surface area (Å²) in [6.45, 7) is 2.38. The standard InChI is InChI=1S/C8H15Br/c1-7-4-2-3-5-8(7)6-9/h7-8H,2-6H2,1H3/t7-,8+/m0/s1. The fourth-order valence-electron chi connectivity index (χ4n) is 1.62. The molecular weight excluding hydrogens is 176 g/mol. The fraction of sp³-hybridized carbons (Fsp3) is 1.00. The first-order chi connectivity index (χ1) is 4.34. The molecule has 1 aliphatic carbocycles. The van der Waals surface area contributed by atoms with Crippen LogP contribution in [0.5, 0.6) is 0 Å². The summed E-state index contributed by atoms with van der Waals surface area (Å²) in [4.78, 5) is 0. The van der Waals surface area contributed by atoms with Gasteiger partial charge in [0.25, 0.3) is 0 Å². The lowest BCUT2D eigenvalue weighted by Crippen LogP contribution is -2.17. The fourth-order valence-corrected chi connectivity index (χ4v) is 2.58. The van der Waals surface area contributed by atoms with Crippen molar-refractivity contribution in [2.75, 3.05) is 5.33 Å². The van der Waals surface area contributed by atoms with Gasteiger partial charge in [0.15, 0.2) is 0 Å². The molecule has 0 radical (unpaired) electrons. The van der Waals surface area contributed by atoms with Crippen LogP contribution in [0.2, 0.25) is 0 Å². The summed E-state index contributed by atoms with van der Waals surface area (Å²) in [7, 11) is 0. The normalized spacial score (nSPS) is 36.7. The molecule has 0 aliphatic heterocycles. The first-order valence-corrected chi connectivity index (χ1v) is 5.02. The van der Waals surface area contributed by atoms with Crippen molar-refractivity contribution in [3.63, 3.8) is 0 Å². The molecule has 0 nitrogen and oxygen atoms in total. The topological polar surface area (TPSA) is 0 Å². The maximum absolute atomic E-state index is 3.55. The molecule has 0 aromatic rings. The maximum atomic E-state index is 3.55. The Balaban J connectivity index is 2.30. The number of rotatable bonds is 1. The Hall–Kier alpha value is 0.480. The summed E-state index contributed by atoms with van der Waals surface area (Å²) < 4.78 is 0. The lowest BCUT2D eigenvalue weighted by atomic mass is 9.82. The zero-order chi connectivity index (χ0) is 6.69. The lowest BCUT2D eigenvalue weighted by Gasteiger charge is -2.26. The molecule has 0 aromatic heterocycles. The van der Waals surface area contributed by atoms with E-state index in [0.29, 0.717) is 0 Å². The van der Waals surface area contributed by atoms with Crippen LogP contribution in [0.3, 0.4) is 0 Å². The zero-order valence-electron chi connectivity index (χ0n) is 6.07. The van der Waals surface area contributed by atoms with Gasteiger partial charge in [-0.2, -0.15) is 0 Å². The third-order valence-electron chi connectivity index (χ3n) is 2.49. The molecule has 0 unspecified atom stereocenters. The Labute approximate surface area is 66.2 Å². The molecule has 0 bridgehead atoms. The molecule has 1 heteroatoms. The highest BCUT2D eigenvalue weighted by atomic mass is 79.9. The first kappa shape index (κ1) is 7.59. The van der Waals surface area contributed by atoms with Crippen LogP contribution < -0.4 is 0 Å². The van der Waals surface area contributed by atoms with Gasteiger partial charge in [0, 0.05) is 5.33 Å². The highest BCUT2D eigenvalue weighted by molar-refractivity contribution is 9.09. The van der Waals surface area contributed by atoms with Gasteiger partial charge in [-0.25, -0.2) is 0 Å². The minimum absolute atomic E-state index is 0.970. The van der Waals surface area contributed by atoms with Gasteiger partial charge in [0.2, 0.25) is 0 Å². The van der Waals surface area contributed by atoms with Crippen LogP contribution >= 0.6 is 15.9 Å². The average molecular weight is 191 g/mol. The molecule has 2 atom stereocenters. The van der Waals surface area contributed by atoms with Crippen molar-refractivity contribution in [1.82, 2.24) is 0 Å². The van der Waals surface area contributed by atoms with E-state index in [1.165, 1.54) is 31.0 Å². The summed E-state index contributed by atoms with van der Waals surface area (Å²) in [5.41, 5.74) is 0. The van der Waals surface area contributed by atoms with E-state index in [1.807, 2.05) is 0 Å². The molecule has 0 amide bonds. The number of hydrogen-bond donors (Lipinski definition) is 0. The first-order valence-electron chi connectivity index (χ1n) is 3.90. The number of alkyl halides is 1. The molecule has 0 spiro atoms. The second-order valence-electron chi connectivity index (χ2n) is 3.18. The van der Waals surface area contributed by atoms with Gasteiger partial charge in [-0.1, -0.05) is 42.1 Å². The summed E-state index contributed by atoms with van der Waals surface area (Å²) in [6, 6.07) is 0. The predicted octanol–water partition coefficient (Wildman–Crippen LogP) is 3.21. The number of hydrogen-bond acceptors (Lipinski definition) is 0. The van der Waals surface area contributed by atoms with E-state index in [2.05, 4.69) is 22.9 Å². The highest BCUT2D eigenvalue weighted by Gasteiger charge is 2.19. The van der Waals surface area contributed by atoms with Crippen LogP contribution in [-0.4, -0.2) is 5.33 Å². The van der Waals surface area contributed by atoms with Crippen LogP contribution in [0.4, 0.5) is 0 Å². The van der Waals surface area contributed by atoms with Gasteiger partial charge in [-0.15, -0.1) is 0 Å². The van der Waals surface area contributed by atoms with Crippen molar-refractivity contribution in [2.24, 2.45) is 11.8 Å². The molecule has 54 valence electrons. The van der Waals surface area contributed by atoms with Crippen LogP contribution in [0.1, 0.15) is 32.6 Å². The molecule has 1 saturated carbocycles. The lowest BCUT2D eigenvalue weighted by molar-refractivity contribution is 0.283. The monoisotopic (exact) mass is 190 g/mol.